The van der Waals surface area contributed by atoms with Gasteiger partial charge >= 0.3 is 12.1 Å². The van der Waals surface area contributed by atoms with Crippen LogP contribution in [0.3, 0.4) is 0 Å². The molecule has 11 nitrogen and oxygen atoms in total. The lowest BCUT2D eigenvalue weighted by molar-refractivity contribution is 0.00565. The Morgan fingerprint density at radius 3 is 2.51 bits per heavy atom. The molecule has 0 bridgehead atoms. The van der Waals surface area contributed by atoms with Crippen LogP contribution < -0.4 is 19.9 Å². The van der Waals surface area contributed by atoms with Crippen LogP contribution in [0.2, 0.25) is 0 Å². The molecule has 0 aromatic carbocycles. The third-order valence-corrected chi connectivity index (χ3v) is 7.10. The minimum atomic E-state index is -0.544. The summed E-state index contributed by atoms with van der Waals surface area (Å²) in [7, 11) is 1.57. The molecule has 208 valence electrons. The van der Waals surface area contributed by atoms with Gasteiger partial charge in [-0.15, -0.1) is 0 Å². The molecule has 5 rings (SSSR count). The van der Waals surface area contributed by atoms with Gasteiger partial charge in [0.2, 0.25) is 0 Å². The van der Waals surface area contributed by atoms with E-state index in [0.717, 1.165) is 22.5 Å². The monoisotopic (exact) mass is 535 g/mol. The average molecular weight is 536 g/mol. The second kappa shape index (κ2) is 9.94. The van der Waals surface area contributed by atoms with Crippen LogP contribution in [-0.4, -0.2) is 76.1 Å². The summed E-state index contributed by atoms with van der Waals surface area (Å²) in [5.74, 6) is 1.17. The maximum absolute atomic E-state index is 13.4. The first-order chi connectivity index (χ1) is 18.4. The van der Waals surface area contributed by atoms with Gasteiger partial charge in [0.25, 0.3) is 0 Å². The van der Waals surface area contributed by atoms with E-state index in [0.29, 0.717) is 43.3 Å². The highest BCUT2D eigenvalue weighted by Gasteiger charge is 2.37. The Kier molecular flexibility index (Phi) is 6.77. The standard InChI is InChI=1S/C28H37N7O4/c1-17-12-20-13-22(24(38-7)16-34(20)31-17)30-26(36)33-11-9-21-23(8-10-29-25(21)33)32-14-18(2)35(19(3)15-32)27(37)39-28(4,5)6/h8,10,12-13,16,18-19H,9,11,14-15H2,1-7H3,(H,30,36)/t18-,19+. The molecular weight excluding hydrogens is 498 g/mol. The number of piperazine rings is 1. The summed E-state index contributed by atoms with van der Waals surface area (Å²) in [6.07, 6.45) is 3.91. The molecule has 0 radical (unpaired) electrons. The van der Waals surface area contributed by atoms with E-state index in [9.17, 15) is 9.59 Å². The maximum atomic E-state index is 13.4. The third kappa shape index (κ3) is 5.17. The van der Waals surface area contributed by atoms with Crippen molar-refractivity contribution in [3.63, 3.8) is 0 Å². The number of aromatic nitrogens is 3. The molecule has 0 saturated carbocycles. The summed E-state index contributed by atoms with van der Waals surface area (Å²) >= 11 is 0. The summed E-state index contributed by atoms with van der Waals surface area (Å²) < 4.78 is 12.9. The van der Waals surface area contributed by atoms with Gasteiger partial charge in [-0.1, -0.05) is 0 Å². The number of pyridine rings is 2. The summed E-state index contributed by atoms with van der Waals surface area (Å²) in [6.45, 7) is 13.5. The number of nitrogens with zero attached hydrogens (tertiary/aromatic N) is 6. The van der Waals surface area contributed by atoms with Crippen LogP contribution in [0.1, 0.15) is 45.9 Å². The van der Waals surface area contributed by atoms with E-state index >= 15 is 0 Å². The molecule has 3 aromatic heterocycles. The maximum Gasteiger partial charge on any atom is 0.410 e. The van der Waals surface area contributed by atoms with E-state index in [4.69, 9.17) is 9.47 Å². The van der Waals surface area contributed by atoms with E-state index in [1.807, 2.05) is 64.6 Å². The van der Waals surface area contributed by atoms with Crippen molar-refractivity contribution < 1.29 is 19.1 Å². The minimum absolute atomic E-state index is 0.0391. The Hall–Kier alpha value is -4.02. The molecule has 1 N–H and O–H groups in total. The normalized spacial score (nSPS) is 19.3. The van der Waals surface area contributed by atoms with Gasteiger partial charge in [0.1, 0.15) is 11.4 Å². The molecule has 3 amide bonds. The number of ether oxygens (including phenoxy) is 2. The average Bonchev–Trinajstić information content (AvgIpc) is 3.44. The van der Waals surface area contributed by atoms with Crippen LogP contribution in [0.25, 0.3) is 5.52 Å². The highest BCUT2D eigenvalue weighted by atomic mass is 16.6. The summed E-state index contributed by atoms with van der Waals surface area (Å²) in [4.78, 5) is 36.7. The van der Waals surface area contributed by atoms with Crippen molar-refractivity contribution in [1.82, 2.24) is 19.5 Å². The molecule has 0 aliphatic carbocycles. The summed E-state index contributed by atoms with van der Waals surface area (Å²) in [5, 5.41) is 7.42. The van der Waals surface area contributed by atoms with Gasteiger partial charge < -0.3 is 19.7 Å². The van der Waals surface area contributed by atoms with Crippen LogP contribution in [0.15, 0.2) is 30.6 Å². The number of nitrogens with one attached hydrogen (secondary N) is 1. The van der Waals surface area contributed by atoms with E-state index in [2.05, 4.69) is 20.3 Å². The zero-order chi connectivity index (χ0) is 28.1. The van der Waals surface area contributed by atoms with E-state index < -0.39 is 5.60 Å². The topological polar surface area (TPSA) is 105 Å². The van der Waals surface area contributed by atoms with Crippen molar-refractivity contribution in [1.29, 1.82) is 0 Å². The van der Waals surface area contributed by atoms with Gasteiger partial charge in [-0.3, -0.25) is 9.80 Å². The van der Waals surface area contributed by atoms with Gasteiger partial charge in [-0.2, -0.15) is 5.10 Å². The number of methoxy groups -OCH3 is 1. The summed E-state index contributed by atoms with van der Waals surface area (Å²) in [5.41, 5.74) is 3.84. The second-order valence-corrected chi connectivity index (χ2v) is 11.4. The molecule has 2 aliphatic heterocycles. The number of urea groups is 1. The Balaban J connectivity index is 1.34. The van der Waals surface area contributed by atoms with Crippen LogP contribution in [-0.2, 0) is 11.2 Å². The number of carbonyl (C=O) groups is 2. The molecule has 1 saturated heterocycles. The number of fused-ring (bicyclic) bond motifs is 2. The van der Waals surface area contributed by atoms with Gasteiger partial charge in [-0.05, 0) is 66.2 Å². The number of hydrogen-bond donors (Lipinski definition) is 1. The predicted octanol–water partition coefficient (Wildman–Crippen LogP) is 4.48. The number of anilines is 3. The fraction of sp³-hybridized carbons (Fsp3) is 0.500. The van der Waals surface area contributed by atoms with Gasteiger partial charge in [0, 0.05) is 37.1 Å². The SMILES string of the molecule is COc1cn2nc(C)cc2cc1NC(=O)N1CCc2c(N3C[C@@H](C)N(C(=O)OC(C)(C)C)[C@@H](C)C3)ccnc21. The van der Waals surface area contributed by atoms with Crippen molar-refractivity contribution in [3.8, 4) is 5.75 Å². The fourth-order valence-electron chi connectivity index (χ4n) is 5.55. The zero-order valence-corrected chi connectivity index (χ0v) is 23.7. The molecule has 3 aromatic rings. The first-order valence-corrected chi connectivity index (χ1v) is 13.3. The number of amides is 3. The van der Waals surface area contributed by atoms with Gasteiger partial charge in [0.05, 0.1) is 42.3 Å². The lowest BCUT2D eigenvalue weighted by atomic mass is 10.1. The molecule has 2 atom stereocenters. The van der Waals surface area contributed by atoms with Crippen LogP contribution in [0.5, 0.6) is 5.75 Å². The number of rotatable bonds is 3. The van der Waals surface area contributed by atoms with Crippen LogP contribution in [0.4, 0.5) is 26.8 Å². The second-order valence-electron chi connectivity index (χ2n) is 11.4. The molecule has 5 heterocycles. The smallest absolute Gasteiger partial charge is 0.410 e. The van der Waals surface area contributed by atoms with E-state index in [1.165, 1.54) is 0 Å². The van der Waals surface area contributed by atoms with E-state index in [1.54, 1.807) is 28.9 Å². The Labute approximate surface area is 228 Å². The molecule has 2 aliphatic rings. The van der Waals surface area contributed by atoms with Crippen molar-refractivity contribution >= 4 is 34.8 Å². The van der Waals surface area contributed by atoms with Crippen molar-refractivity contribution in [2.45, 2.75) is 65.6 Å². The van der Waals surface area contributed by atoms with Crippen LogP contribution >= 0.6 is 0 Å². The first-order valence-electron chi connectivity index (χ1n) is 13.3. The molecule has 0 spiro atoms. The molecule has 11 heteroatoms. The van der Waals surface area contributed by atoms with E-state index in [-0.39, 0.29) is 24.2 Å². The third-order valence-electron chi connectivity index (χ3n) is 7.10. The number of aryl methyl sites for hydroxylation is 1. The Bertz CT molecular complexity index is 1400. The minimum Gasteiger partial charge on any atom is -0.493 e. The highest BCUT2D eigenvalue weighted by Crippen LogP contribution is 2.36. The Morgan fingerprint density at radius 1 is 1.13 bits per heavy atom. The lowest BCUT2D eigenvalue weighted by Crippen LogP contribution is -2.59. The molecule has 1 fully saturated rings. The first kappa shape index (κ1) is 26.6. The summed E-state index contributed by atoms with van der Waals surface area (Å²) in [6, 6.07) is 5.45. The van der Waals surface area contributed by atoms with Crippen molar-refractivity contribution in [2.24, 2.45) is 0 Å². The van der Waals surface area contributed by atoms with Gasteiger partial charge in [0.15, 0.2) is 5.75 Å². The van der Waals surface area contributed by atoms with Crippen molar-refractivity contribution in [2.75, 3.05) is 41.9 Å². The highest BCUT2D eigenvalue weighted by molar-refractivity contribution is 6.04. The number of hydrogen-bond acceptors (Lipinski definition) is 7. The zero-order valence-electron chi connectivity index (χ0n) is 23.7. The predicted molar refractivity (Wildman–Crippen MR) is 150 cm³/mol. The lowest BCUT2D eigenvalue weighted by Gasteiger charge is -2.45. The fourth-order valence-corrected chi connectivity index (χ4v) is 5.55. The quantitative estimate of drug-likeness (QED) is 0.527. The van der Waals surface area contributed by atoms with Gasteiger partial charge in [-0.25, -0.2) is 19.1 Å². The molecule has 39 heavy (non-hydrogen) atoms. The molecular formula is C28H37N7O4. The molecule has 0 unspecified atom stereocenters. The largest absolute Gasteiger partial charge is 0.493 e. The van der Waals surface area contributed by atoms with Crippen molar-refractivity contribution in [3.05, 3.63) is 41.9 Å². The number of carbonyl (C=O) groups excluding carboxylic acids is 2. The Morgan fingerprint density at radius 2 is 1.85 bits per heavy atom. The van der Waals surface area contributed by atoms with Crippen LogP contribution in [0, 0.1) is 6.92 Å².